The molecule has 0 unspecified atom stereocenters. The molecule has 0 fully saturated rings. The maximum Gasteiger partial charge on any atom is 0.224 e. The molecule has 0 atom stereocenters. The second kappa shape index (κ2) is 6.21. The van der Waals surface area contributed by atoms with Crippen molar-refractivity contribution in [3.8, 4) is 0 Å². The molecule has 0 spiro atoms. The highest BCUT2D eigenvalue weighted by atomic mass is 79.9. The Labute approximate surface area is 123 Å². The molecule has 19 heavy (non-hydrogen) atoms. The van der Waals surface area contributed by atoms with E-state index in [1.807, 2.05) is 38.2 Å². The molecular weight excluding hydrogens is 328 g/mol. The molecule has 100 valence electrons. The van der Waals surface area contributed by atoms with E-state index < -0.39 is 0 Å². The minimum absolute atomic E-state index is 0.00723. The van der Waals surface area contributed by atoms with E-state index in [1.54, 1.807) is 4.68 Å². The van der Waals surface area contributed by atoms with Gasteiger partial charge in [0.25, 0.3) is 0 Å². The number of rotatable bonds is 4. The summed E-state index contributed by atoms with van der Waals surface area (Å²) in [5.41, 5.74) is 0.790. The summed E-state index contributed by atoms with van der Waals surface area (Å²) in [6.07, 6.45) is 0.453. The van der Waals surface area contributed by atoms with Crippen LogP contribution in [0.3, 0.4) is 0 Å². The van der Waals surface area contributed by atoms with Gasteiger partial charge in [-0.1, -0.05) is 19.1 Å². The molecule has 7 heteroatoms. The van der Waals surface area contributed by atoms with Crippen LogP contribution in [0.1, 0.15) is 13.3 Å². The van der Waals surface area contributed by atoms with Gasteiger partial charge in [0.05, 0.1) is 5.69 Å². The molecule has 0 saturated carbocycles. The fraction of sp³-hybridized carbons (Fsp3) is 0.250. The minimum Gasteiger partial charge on any atom is -0.325 e. The van der Waals surface area contributed by atoms with Crippen LogP contribution in [0, 0.1) is 0 Å². The summed E-state index contributed by atoms with van der Waals surface area (Å²) in [6, 6.07) is 7.64. The molecule has 2 rings (SSSR count). The third-order valence-electron chi connectivity index (χ3n) is 2.38. The lowest BCUT2D eigenvalue weighted by Crippen LogP contribution is -2.10. The second-order valence-electron chi connectivity index (χ2n) is 3.79. The number of nitrogens with zero attached hydrogens (tertiary/aromatic N) is 3. The number of carbonyl (C=O) groups excluding carboxylic acids is 1. The van der Waals surface area contributed by atoms with E-state index in [2.05, 4.69) is 31.3 Å². The Morgan fingerprint density at radius 1 is 1.47 bits per heavy atom. The zero-order valence-corrected chi connectivity index (χ0v) is 13.0. The van der Waals surface area contributed by atoms with E-state index in [9.17, 15) is 4.79 Å². The first-order valence-electron chi connectivity index (χ1n) is 5.73. The average molecular weight is 341 g/mol. The van der Waals surface area contributed by atoms with Crippen molar-refractivity contribution >= 4 is 39.3 Å². The van der Waals surface area contributed by atoms with Crippen LogP contribution >= 0.6 is 27.7 Å². The summed E-state index contributed by atoms with van der Waals surface area (Å²) in [4.78, 5) is 16.7. The Bertz CT molecular complexity index is 599. The third-order valence-corrected chi connectivity index (χ3v) is 3.83. The Balaban J connectivity index is 2.25. The molecular formula is C12H13BrN4OS. The molecule has 0 saturated heterocycles. The monoisotopic (exact) mass is 340 g/mol. The van der Waals surface area contributed by atoms with E-state index in [0.29, 0.717) is 11.2 Å². The van der Waals surface area contributed by atoms with Crippen LogP contribution < -0.4 is 5.32 Å². The maximum atomic E-state index is 11.5. The first-order chi connectivity index (χ1) is 9.10. The topological polar surface area (TPSA) is 59.8 Å². The van der Waals surface area contributed by atoms with Crippen molar-refractivity contribution < 1.29 is 4.79 Å². The van der Waals surface area contributed by atoms with E-state index >= 15 is 0 Å². The Morgan fingerprint density at radius 3 is 2.84 bits per heavy atom. The van der Waals surface area contributed by atoms with Crippen LogP contribution in [-0.2, 0) is 11.8 Å². The fourth-order valence-corrected chi connectivity index (χ4v) is 2.83. The lowest BCUT2D eigenvalue weighted by atomic mass is 10.3. The van der Waals surface area contributed by atoms with Crippen LogP contribution in [0.4, 0.5) is 5.69 Å². The molecule has 0 radical (unpaired) electrons. The largest absolute Gasteiger partial charge is 0.325 e. The van der Waals surface area contributed by atoms with Crippen LogP contribution in [0.2, 0.25) is 0 Å². The van der Waals surface area contributed by atoms with Gasteiger partial charge < -0.3 is 5.32 Å². The van der Waals surface area contributed by atoms with Crippen LogP contribution in [-0.4, -0.2) is 20.7 Å². The summed E-state index contributed by atoms with van der Waals surface area (Å²) in [6.45, 7) is 1.82. The SMILES string of the molecule is CCC(=O)Nc1ccccc1Sc1nc(Br)nn1C. The number of anilines is 1. The summed E-state index contributed by atoms with van der Waals surface area (Å²) in [5, 5.41) is 7.76. The van der Waals surface area contributed by atoms with Crippen LogP contribution in [0.15, 0.2) is 39.1 Å². The van der Waals surface area contributed by atoms with Crippen molar-refractivity contribution in [3.05, 3.63) is 29.0 Å². The normalized spacial score (nSPS) is 10.5. The standard InChI is InChI=1S/C12H13BrN4OS/c1-3-10(18)14-8-6-4-5-7-9(8)19-12-15-11(13)16-17(12)2/h4-7H,3H2,1-2H3,(H,14,18). The van der Waals surface area contributed by atoms with Crippen molar-refractivity contribution in [2.24, 2.45) is 7.05 Å². The summed E-state index contributed by atoms with van der Waals surface area (Å²) >= 11 is 4.70. The number of halogens is 1. The number of nitrogens with one attached hydrogen (secondary N) is 1. The van der Waals surface area contributed by atoms with Gasteiger partial charge in [0.2, 0.25) is 10.6 Å². The van der Waals surface area contributed by atoms with Crippen molar-refractivity contribution in [1.82, 2.24) is 14.8 Å². The molecule has 1 N–H and O–H groups in total. The van der Waals surface area contributed by atoms with Gasteiger partial charge in [0.1, 0.15) is 0 Å². The predicted molar refractivity (Wildman–Crippen MR) is 78.2 cm³/mol. The molecule has 0 aliphatic rings. The van der Waals surface area contributed by atoms with Gasteiger partial charge >= 0.3 is 0 Å². The Morgan fingerprint density at radius 2 is 2.21 bits per heavy atom. The van der Waals surface area contributed by atoms with Crippen molar-refractivity contribution in [2.45, 2.75) is 23.4 Å². The predicted octanol–water partition coefficient (Wildman–Crippen LogP) is 3.08. The maximum absolute atomic E-state index is 11.5. The molecule has 0 aliphatic heterocycles. The number of benzene rings is 1. The third kappa shape index (κ3) is 3.57. The van der Waals surface area contributed by atoms with E-state index in [0.717, 1.165) is 15.7 Å². The number of carbonyl (C=O) groups is 1. The summed E-state index contributed by atoms with van der Waals surface area (Å²) < 4.78 is 2.24. The smallest absolute Gasteiger partial charge is 0.224 e. The molecule has 2 aromatic rings. The van der Waals surface area contributed by atoms with Gasteiger partial charge in [-0.15, -0.1) is 5.10 Å². The van der Waals surface area contributed by atoms with Crippen LogP contribution in [0.25, 0.3) is 0 Å². The van der Waals surface area contributed by atoms with Gasteiger partial charge in [-0.2, -0.15) is 4.98 Å². The van der Waals surface area contributed by atoms with Gasteiger partial charge in [-0.3, -0.25) is 4.79 Å². The lowest BCUT2D eigenvalue weighted by molar-refractivity contribution is -0.115. The lowest BCUT2D eigenvalue weighted by Gasteiger charge is -2.09. The fourth-order valence-electron chi connectivity index (χ4n) is 1.42. The quantitative estimate of drug-likeness (QED) is 0.928. The molecule has 1 heterocycles. The highest BCUT2D eigenvalue weighted by Gasteiger charge is 2.11. The number of amides is 1. The van der Waals surface area contributed by atoms with E-state index in [-0.39, 0.29) is 5.91 Å². The van der Waals surface area contributed by atoms with Gasteiger partial charge in [0, 0.05) is 18.4 Å². The number of hydrogen-bond acceptors (Lipinski definition) is 4. The Hall–Kier alpha value is -1.34. The van der Waals surface area contributed by atoms with E-state index in [1.165, 1.54) is 11.8 Å². The molecule has 1 aromatic carbocycles. The molecule has 0 aliphatic carbocycles. The van der Waals surface area contributed by atoms with Crippen molar-refractivity contribution in [2.75, 3.05) is 5.32 Å². The average Bonchev–Trinajstić information content (AvgIpc) is 2.70. The first kappa shape index (κ1) is 14.1. The molecule has 0 bridgehead atoms. The molecule has 1 aromatic heterocycles. The van der Waals surface area contributed by atoms with Crippen molar-refractivity contribution in [1.29, 1.82) is 0 Å². The zero-order chi connectivity index (χ0) is 13.8. The van der Waals surface area contributed by atoms with Crippen molar-refractivity contribution in [3.63, 3.8) is 0 Å². The highest BCUT2D eigenvalue weighted by molar-refractivity contribution is 9.10. The first-order valence-corrected chi connectivity index (χ1v) is 7.34. The number of aromatic nitrogens is 3. The zero-order valence-electron chi connectivity index (χ0n) is 10.6. The Kier molecular flexibility index (Phi) is 4.60. The number of para-hydroxylation sites is 1. The number of hydrogen-bond donors (Lipinski definition) is 1. The van der Waals surface area contributed by atoms with E-state index in [4.69, 9.17) is 0 Å². The molecule has 5 nitrogen and oxygen atoms in total. The summed E-state index contributed by atoms with van der Waals surface area (Å²) in [5.74, 6) is -0.00723. The van der Waals surface area contributed by atoms with Gasteiger partial charge in [-0.05, 0) is 39.8 Å². The van der Waals surface area contributed by atoms with Gasteiger partial charge in [0.15, 0.2) is 5.16 Å². The highest BCUT2D eigenvalue weighted by Crippen LogP contribution is 2.32. The van der Waals surface area contributed by atoms with Gasteiger partial charge in [-0.25, -0.2) is 4.68 Å². The second-order valence-corrected chi connectivity index (χ2v) is 5.51. The van der Waals surface area contributed by atoms with Crippen LogP contribution in [0.5, 0.6) is 0 Å². The minimum atomic E-state index is -0.00723. The molecule has 1 amide bonds. The number of aryl methyl sites for hydroxylation is 1. The summed E-state index contributed by atoms with van der Waals surface area (Å²) in [7, 11) is 1.83.